The number of hydrogen-bond donors (Lipinski definition) is 0. The van der Waals surface area contributed by atoms with Gasteiger partial charge in [0, 0.05) is 74.0 Å². The maximum absolute atomic E-state index is 6.92. The predicted molar refractivity (Wildman–Crippen MR) is 244 cm³/mol. The molecular formula is C54H34N4O. The van der Waals surface area contributed by atoms with E-state index in [-0.39, 0.29) is 0 Å². The van der Waals surface area contributed by atoms with Gasteiger partial charge in [0.1, 0.15) is 11.5 Å². The van der Waals surface area contributed by atoms with E-state index in [1.807, 2.05) is 24.5 Å². The molecule has 0 saturated carbocycles. The molecule has 0 amide bonds. The first kappa shape index (κ1) is 33.2. The second-order valence-corrected chi connectivity index (χ2v) is 15.0. The Morgan fingerprint density at radius 2 is 0.915 bits per heavy atom. The lowest BCUT2D eigenvalue weighted by atomic mass is 9.88. The molecule has 11 aromatic rings. The molecule has 1 aliphatic heterocycles. The van der Waals surface area contributed by atoms with Gasteiger partial charge >= 0.3 is 0 Å². The van der Waals surface area contributed by atoms with Gasteiger partial charge in [0.15, 0.2) is 0 Å². The standard InChI is InChI=1S/C54H34N4O/c1-3-14-37(15-4-1)57(39-23-26-49-35(30-39)12-10-28-55-49)41-22-25-44-48-33-46-42-18-7-8-19-43(42)51(34-47(46)45-20-9-21-52(54(45)48)59-53(44)32-41)58(38-16-5-2-6-17-38)40-24-27-50-36(31-40)13-11-29-56-50/h1-34H. The fraction of sp³-hybridized carbons (Fsp3) is 0. The third kappa shape index (κ3) is 5.40. The highest BCUT2D eigenvalue weighted by molar-refractivity contribution is 6.25. The van der Waals surface area contributed by atoms with Crippen molar-refractivity contribution in [3.8, 4) is 22.6 Å². The molecule has 0 radical (unpaired) electrons. The van der Waals surface area contributed by atoms with Crippen LogP contribution in [-0.4, -0.2) is 9.97 Å². The number of anilines is 6. The third-order valence-corrected chi connectivity index (χ3v) is 11.6. The normalized spacial score (nSPS) is 11.9. The summed E-state index contributed by atoms with van der Waals surface area (Å²) in [4.78, 5) is 13.8. The smallest absolute Gasteiger partial charge is 0.137 e. The lowest BCUT2D eigenvalue weighted by Crippen LogP contribution is -2.11. The molecule has 0 spiro atoms. The molecule has 2 aromatic heterocycles. The van der Waals surface area contributed by atoms with Crippen molar-refractivity contribution in [3.05, 3.63) is 207 Å². The van der Waals surface area contributed by atoms with E-state index in [9.17, 15) is 0 Å². The van der Waals surface area contributed by atoms with Crippen LogP contribution >= 0.6 is 0 Å². The molecule has 9 aromatic carbocycles. The van der Waals surface area contributed by atoms with Crippen LogP contribution in [0.5, 0.6) is 11.5 Å². The third-order valence-electron chi connectivity index (χ3n) is 11.6. The van der Waals surface area contributed by atoms with E-state index in [1.54, 1.807) is 0 Å². The van der Waals surface area contributed by atoms with Crippen molar-refractivity contribution < 1.29 is 4.74 Å². The Bertz CT molecular complexity index is 3440. The number of fused-ring (bicyclic) bond motifs is 8. The number of para-hydroxylation sites is 2. The van der Waals surface area contributed by atoms with E-state index in [1.165, 1.54) is 27.1 Å². The van der Waals surface area contributed by atoms with Crippen molar-refractivity contribution in [2.45, 2.75) is 0 Å². The van der Waals surface area contributed by atoms with Gasteiger partial charge in [0.05, 0.1) is 16.7 Å². The minimum atomic E-state index is 0.826. The summed E-state index contributed by atoms with van der Waals surface area (Å²) in [5.74, 6) is 1.68. The zero-order valence-electron chi connectivity index (χ0n) is 31.8. The minimum absolute atomic E-state index is 0.826. The molecule has 12 rings (SSSR count). The van der Waals surface area contributed by atoms with Gasteiger partial charge in [-0.15, -0.1) is 0 Å². The summed E-state index contributed by atoms with van der Waals surface area (Å²) in [5.41, 5.74) is 10.6. The maximum Gasteiger partial charge on any atom is 0.137 e. The number of benzene rings is 9. The Morgan fingerprint density at radius 3 is 1.63 bits per heavy atom. The van der Waals surface area contributed by atoms with Crippen LogP contribution in [0.15, 0.2) is 207 Å². The van der Waals surface area contributed by atoms with Gasteiger partial charge in [-0.1, -0.05) is 84.9 Å². The van der Waals surface area contributed by atoms with Crippen LogP contribution in [0.3, 0.4) is 0 Å². The average Bonchev–Trinajstić information content (AvgIpc) is 3.30. The molecule has 5 heteroatoms. The molecule has 5 nitrogen and oxygen atoms in total. The van der Waals surface area contributed by atoms with Crippen LogP contribution in [0.4, 0.5) is 34.1 Å². The van der Waals surface area contributed by atoms with Gasteiger partial charge in [-0.2, -0.15) is 0 Å². The summed E-state index contributed by atoms with van der Waals surface area (Å²) in [7, 11) is 0. The number of ether oxygens (including phenoxy) is 1. The summed E-state index contributed by atoms with van der Waals surface area (Å²) < 4.78 is 6.92. The van der Waals surface area contributed by atoms with Crippen LogP contribution in [-0.2, 0) is 0 Å². The average molecular weight is 755 g/mol. The summed E-state index contributed by atoms with van der Waals surface area (Å²) in [6.07, 6.45) is 3.69. The van der Waals surface area contributed by atoms with E-state index in [4.69, 9.17) is 4.74 Å². The molecule has 0 atom stereocenters. The maximum atomic E-state index is 6.92. The molecule has 3 heterocycles. The molecule has 0 N–H and O–H groups in total. The first-order valence-corrected chi connectivity index (χ1v) is 19.9. The van der Waals surface area contributed by atoms with Crippen LogP contribution in [0.25, 0.3) is 65.3 Å². The highest BCUT2D eigenvalue weighted by atomic mass is 16.5. The summed E-state index contributed by atoms with van der Waals surface area (Å²) >= 11 is 0. The Hall–Kier alpha value is -8.02. The van der Waals surface area contributed by atoms with E-state index >= 15 is 0 Å². The van der Waals surface area contributed by atoms with E-state index in [0.717, 1.165) is 83.8 Å². The first-order valence-electron chi connectivity index (χ1n) is 19.9. The fourth-order valence-corrected chi connectivity index (χ4v) is 9.00. The molecule has 0 aliphatic carbocycles. The summed E-state index contributed by atoms with van der Waals surface area (Å²) in [6, 6.07) is 69.0. The van der Waals surface area contributed by atoms with Crippen molar-refractivity contribution in [2.24, 2.45) is 0 Å². The first-order chi connectivity index (χ1) is 29.2. The van der Waals surface area contributed by atoms with E-state index in [0.29, 0.717) is 0 Å². The largest absolute Gasteiger partial charge is 0.456 e. The van der Waals surface area contributed by atoms with Crippen molar-refractivity contribution >= 4 is 88.2 Å². The SMILES string of the molecule is c1ccc(N(c2ccc3c(c2)Oc2cccc4c2c-3cc2c3ccccc3c(N(c3ccccc3)c3ccc5ncccc5c3)cc42)c2ccc3ncccc3c2)cc1. The number of aromatic nitrogens is 2. The van der Waals surface area contributed by atoms with Crippen molar-refractivity contribution in [1.82, 2.24) is 9.97 Å². The minimum Gasteiger partial charge on any atom is -0.456 e. The van der Waals surface area contributed by atoms with Gasteiger partial charge in [0.25, 0.3) is 0 Å². The van der Waals surface area contributed by atoms with E-state index < -0.39 is 0 Å². The van der Waals surface area contributed by atoms with Crippen LogP contribution in [0, 0.1) is 0 Å². The Labute approximate surface area is 340 Å². The Kier molecular flexibility index (Phi) is 7.47. The Balaban J connectivity index is 1.06. The molecule has 276 valence electrons. The monoisotopic (exact) mass is 754 g/mol. The molecule has 0 bridgehead atoms. The number of nitrogens with zero attached hydrogens (tertiary/aromatic N) is 4. The van der Waals surface area contributed by atoms with Crippen LogP contribution in [0.2, 0.25) is 0 Å². The second kappa shape index (κ2) is 13.3. The van der Waals surface area contributed by atoms with Gasteiger partial charge < -0.3 is 14.5 Å². The topological polar surface area (TPSA) is 41.5 Å². The molecular weight excluding hydrogens is 721 g/mol. The molecule has 0 fully saturated rings. The predicted octanol–water partition coefficient (Wildman–Crippen LogP) is 15.0. The van der Waals surface area contributed by atoms with Crippen molar-refractivity contribution in [3.63, 3.8) is 0 Å². The second-order valence-electron chi connectivity index (χ2n) is 15.0. The summed E-state index contributed by atoms with van der Waals surface area (Å²) in [5, 5.41) is 9.19. The van der Waals surface area contributed by atoms with E-state index in [2.05, 4.69) is 202 Å². The number of pyridine rings is 2. The number of hydrogen-bond acceptors (Lipinski definition) is 5. The van der Waals surface area contributed by atoms with Gasteiger partial charge in [-0.05, 0) is 130 Å². The van der Waals surface area contributed by atoms with Crippen molar-refractivity contribution in [1.29, 1.82) is 0 Å². The molecule has 1 aliphatic rings. The van der Waals surface area contributed by atoms with Gasteiger partial charge in [-0.25, -0.2) is 0 Å². The molecule has 0 saturated heterocycles. The van der Waals surface area contributed by atoms with Crippen molar-refractivity contribution in [2.75, 3.05) is 9.80 Å². The lowest BCUT2D eigenvalue weighted by Gasteiger charge is -2.29. The molecule has 0 unspecified atom stereocenters. The van der Waals surface area contributed by atoms with Gasteiger partial charge in [-0.3, -0.25) is 9.97 Å². The molecule has 59 heavy (non-hydrogen) atoms. The van der Waals surface area contributed by atoms with Crippen LogP contribution < -0.4 is 14.5 Å². The highest BCUT2D eigenvalue weighted by Crippen LogP contribution is 2.53. The lowest BCUT2D eigenvalue weighted by molar-refractivity contribution is 0.487. The highest BCUT2D eigenvalue weighted by Gasteiger charge is 2.26. The fourth-order valence-electron chi connectivity index (χ4n) is 9.00. The van der Waals surface area contributed by atoms with Gasteiger partial charge in [0.2, 0.25) is 0 Å². The quantitative estimate of drug-likeness (QED) is 0.158. The summed E-state index contributed by atoms with van der Waals surface area (Å²) in [6.45, 7) is 0. The Morgan fingerprint density at radius 1 is 0.339 bits per heavy atom. The zero-order valence-corrected chi connectivity index (χ0v) is 31.8. The van der Waals surface area contributed by atoms with Crippen LogP contribution in [0.1, 0.15) is 0 Å². The number of rotatable bonds is 6. The zero-order chi connectivity index (χ0) is 38.9.